The lowest BCUT2D eigenvalue weighted by molar-refractivity contribution is -0.204. The summed E-state index contributed by atoms with van der Waals surface area (Å²) in [5.74, 6) is -3.05. The third-order valence-electron chi connectivity index (χ3n) is 15.4. The van der Waals surface area contributed by atoms with Crippen molar-refractivity contribution >= 4 is 37.6 Å². The van der Waals surface area contributed by atoms with Gasteiger partial charge in [-0.1, -0.05) is 25.5 Å². The van der Waals surface area contributed by atoms with Crippen molar-refractivity contribution in [1.29, 1.82) is 0 Å². The third kappa shape index (κ3) is 8.39. The Bertz CT molecular complexity index is 2160. The van der Waals surface area contributed by atoms with Gasteiger partial charge < -0.3 is 45.3 Å². The van der Waals surface area contributed by atoms with Gasteiger partial charge in [0, 0.05) is 40.8 Å². The van der Waals surface area contributed by atoms with Crippen LogP contribution in [0.5, 0.6) is 5.75 Å². The molecule has 6 fully saturated rings. The van der Waals surface area contributed by atoms with E-state index in [0.29, 0.717) is 44.9 Å². The number of aliphatic hydroxyl groups excluding tert-OH is 1. The van der Waals surface area contributed by atoms with E-state index in [-0.39, 0.29) is 78.2 Å². The minimum absolute atomic E-state index is 0.0332. The summed E-state index contributed by atoms with van der Waals surface area (Å²) in [7, 11) is -3.36. The Balaban J connectivity index is 0.895. The van der Waals surface area contributed by atoms with Gasteiger partial charge in [-0.15, -0.1) is 4.52 Å². The van der Waals surface area contributed by atoms with E-state index in [2.05, 4.69) is 10.6 Å². The van der Waals surface area contributed by atoms with Gasteiger partial charge in [0.2, 0.25) is 11.8 Å². The summed E-state index contributed by atoms with van der Waals surface area (Å²) in [6, 6.07) is 3.26. The number of carbonyl (C=O) groups excluding carboxylic acids is 5. The average Bonchev–Trinajstić information content (AvgIpc) is 3.68. The molecule has 64 heavy (non-hydrogen) atoms. The quantitative estimate of drug-likeness (QED) is 0.153. The van der Waals surface area contributed by atoms with Gasteiger partial charge >= 0.3 is 14.2 Å². The van der Waals surface area contributed by atoms with Crippen molar-refractivity contribution in [3.05, 3.63) is 53.4 Å². The van der Waals surface area contributed by atoms with E-state index in [1.54, 1.807) is 39.0 Å². The van der Waals surface area contributed by atoms with Crippen LogP contribution in [0.1, 0.15) is 111 Å². The summed E-state index contributed by atoms with van der Waals surface area (Å²) in [4.78, 5) is 75.6. The van der Waals surface area contributed by atoms with Crippen molar-refractivity contribution in [2.75, 3.05) is 13.2 Å². The van der Waals surface area contributed by atoms with Gasteiger partial charge in [0.25, 0.3) is 0 Å². The molecule has 5 N–H and O–H groups in total. The number of esters is 1. The first-order valence-corrected chi connectivity index (χ1v) is 23.4. The summed E-state index contributed by atoms with van der Waals surface area (Å²) in [5.41, 5.74) is 2.37. The lowest BCUT2D eigenvalue weighted by Crippen LogP contribution is -2.63. The van der Waals surface area contributed by atoms with Crippen LogP contribution in [0.2, 0.25) is 0 Å². The Hall–Kier alpha value is -3.96. The molecule has 0 aromatic heterocycles. The molecule has 5 saturated carbocycles. The van der Waals surface area contributed by atoms with Crippen LogP contribution in [-0.2, 0) is 47.3 Å². The lowest BCUT2D eigenvalue weighted by atomic mass is 9.46. The summed E-state index contributed by atoms with van der Waals surface area (Å²) in [6.45, 7) is 8.04. The highest BCUT2D eigenvalue weighted by atomic mass is 31.1. The molecule has 7 aliphatic rings. The molecule has 1 aromatic rings. The third-order valence-corrected chi connectivity index (χ3v) is 15.7. The topological polar surface area (TPSA) is 242 Å². The van der Waals surface area contributed by atoms with Crippen LogP contribution in [0.3, 0.4) is 0 Å². The number of Topliss-reactive ketones (excluding diaryl/α,β-unsaturated/α-hetero) is 1. The number of amides is 2. The van der Waals surface area contributed by atoms with E-state index in [0.717, 1.165) is 5.57 Å². The van der Waals surface area contributed by atoms with Crippen LogP contribution >= 0.6 is 8.25 Å². The molecule has 1 saturated heterocycles. The second-order valence-electron chi connectivity index (χ2n) is 20.6. The Morgan fingerprint density at radius 1 is 1.12 bits per heavy atom. The van der Waals surface area contributed by atoms with Gasteiger partial charge in [0.05, 0.1) is 24.9 Å². The van der Waals surface area contributed by atoms with Crippen LogP contribution in [-0.4, -0.2) is 89.2 Å². The molecule has 1 spiro atoms. The number of hydrogen-bond acceptors (Lipinski definition) is 14. The van der Waals surface area contributed by atoms with E-state index in [1.807, 2.05) is 19.9 Å². The highest BCUT2D eigenvalue weighted by Gasteiger charge is 2.76. The Labute approximate surface area is 372 Å². The van der Waals surface area contributed by atoms with Crippen molar-refractivity contribution in [3.63, 3.8) is 0 Å². The summed E-state index contributed by atoms with van der Waals surface area (Å²) >= 11 is 0. The Morgan fingerprint density at radius 2 is 1.86 bits per heavy atom. The van der Waals surface area contributed by atoms with Gasteiger partial charge in [-0.25, -0.2) is 4.39 Å². The number of rotatable bonds is 14. The molecule has 18 heteroatoms. The number of allylic oxidation sites excluding steroid dienone is 4. The fourth-order valence-electron chi connectivity index (χ4n) is 12.8. The van der Waals surface area contributed by atoms with E-state index >= 15 is 4.39 Å². The van der Waals surface area contributed by atoms with Crippen molar-refractivity contribution in [2.24, 2.45) is 39.7 Å². The molecule has 348 valence electrons. The lowest BCUT2D eigenvalue weighted by Gasteiger charge is -2.59. The molecule has 1 unspecified atom stereocenters. The number of hydrogen-bond donors (Lipinski definition) is 4. The average molecular weight is 912 g/mol. The van der Waals surface area contributed by atoms with E-state index in [1.165, 1.54) is 12.1 Å². The van der Waals surface area contributed by atoms with Crippen LogP contribution < -0.4 is 26.0 Å². The summed E-state index contributed by atoms with van der Waals surface area (Å²) in [5, 5.41) is 17.6. The minimum atomic E-state index is -3.36. The molecule has 6 aliphatic carbocycles. The molecule has 0 radical (unpaired) electrons. The maximum absolute atomic E-state index is 16.1. The molecular formula is C46H59FN3O13P. The molecule has 1 aromatic carbocycles. The first-order valence-electron chi connectivity index (χ1n) is 22.3. The maximum atomic E-state index is 16.1. The van der Waals surface area contributed by atoms with Gasteiger partial charge in [-0.05, 0) is 125 Å². The van der Waals surface area contributed by atoms with Crippen LogP contribution in [0, 0.1) is 39.8 Å². The zero-order valence-electron chi connectivity index (χ0n) is 36.9. The second kappa shape index (κ2) is 17.0. The fourth-order valence-corrected chi connectivity index (χ4v) is 13.0. The summed E-state index contributed by atoms with van der Waals surface area (Å²) < 4.78 is 57.0. The van der Waals surface area contributed by atoms with E-state index < -0.39 is 90.8 Å². The number of ether oxygens (including phenoxy) is 4. The van der Waals surface area contributed by atoms with Gasteiger partial charge in [0.15, 0.2) is 30.1 Å². The second-order valence-corrected chi connectivity index (χ2v) is 21.3. The standard InChI is InChI=1S/C46H59FN3O13P/c1-42(2,3)62-38(55)11-10-33(50-37(54)22-48)40(56)49-25-17-45(18-25)19-28(20-45)60-27-7-9-30(32(47)15-27)41-61-36-16-31-29-8-6-24-14-26(51)12-13-43(24,4)39(29)34(52)21-44(31,5)46(36,63-41)35(53)23-59-64(57)58/h7,9,12-15,25,28-29,31,33-34,36,39,41,52H,6,8,10-11,16-23,48H2,1-5H3,(H,49,56)(H,50,54)/t25?,28?,29-,31-,33-,34-,36+,39+,41+,43-,44-,45?,46+/m0/s1. The summed E-state index contributed by atoms with van der Waals surface area (Å²) in [6.07, 6.45) is 6.31. The molecule has 1 heterocycles. The van der Waals surface area contributed by atoms with Crippen LogP contribution in [0.4, 0.5) is 4.39 Å². The highest BCUT2D eigenvalue weighted by Crippen LogP contribution is 2.70. The molecule has 16 nitrogen and oxygen atoms in total. The number of fused-ring (bicyclic) bond motifs is 7. The van der Waals surface area contributed by atoms with E-state index in [4.69, 9.17) is 29.2 Å². The number of halogens is 1. The minimum Gasteiger partial charge on any atom is -0.566 e. The largest absolute Gasteiger partial charge is 0.566 e. The molecule has 1 aliphatic heterocycles. The van der Waals surface area contributed by atoms with Gasteiger partial charge in [-0.3, -0.25) is 24.0 Å². The molecule has 0 bridgehead atoms. The van der Waals surface area contributed by atoms with Crippen LogP contribution in [0.25, 0.3) is 0 Å². The fraction of sp³-hybridized carbons (Fsp3) is 0.674. The van der Waals surface area contributed by atoms with Crippen molar-refractivity contribution in [1.82, 2.24) is 10.6 Å². The normalized spacial score (nSPS) is 37.7. The first-order chi connectivity index (χ1) is 30.1. The predicted molar refractivity (Wildman–Crippen MR) is 223 cm³/mol. The maximum Gasteiger partial charge on any atom is 0.488 e. The Kier molecular flexibility index (Phi) is 12.4. The molecule has 8 rings (SSSR count). The van der Waals surface area contributed by atoms with Gasteiger partial charge in [-0.2, -0.15) is 0 Å². The number of carbonyl (C=O) groups is 5. The smallest absolute Gasteiger partial charge is 0.488 e. The Morgan fingerprint density at radius 3 is 2.53 bits per heavy atom. The SMILES string of the molecule is CC(C)(C)OC(=O)CC[C@H](NC(=O)CN)C(=O)NC1CC2(C1)CC(Oc1ccc([C@@H]3O[C@@H]4C[C@H]5[C@@H]6CCC7=CC(=O)C=C[C@]7(C)[C@H]6[C@@H](O)C[C@]5(C)[C@]4(C(=O)CO[P+](=O)[O-])O3)c(F)c1)C2. The number of benzene rings is 1. The van der Waals surface area contributed by atoms with Crippen molar-refractivity contribution < 1.29 is 66.4 Å². The van der Waals surface area contributed by atoms with Crippen molar-refractivity contribution in [2.45, 2.75) is 147 Å². The number of nitrogens with two attached hydrogens (primary N) is 1. The number of aliphatic hydroxyl groups is 1. The molecular weight excluding hydrogens is 852 g/mol. The van der Waals surface area contributed by atoms with E-state index in [9.17, 15) is 38.5 Å². The zero-order valence-corrected chi connectivity index (χ0v) is 37.8. The number of nitrogens with one attached hydrogen (secondary N) is 2. The predicted octanol–water partition coefficient (Wildman–Crippen LogP) is 3.84. The monoisotopic (exact) mass is 911 g/mol. The van der Waals surface area contributed by atoms with Gasteiger partial charge in [0.1, 0.15) is 23.2 Å². The highest BCUT2D eigenvalue weighted by molar-refractivity contribution is 7.30. The number of ketones is 2. The molecule has 11 atom stereocenters. The molecule has 2 amide bonds. The first kappa shape index (κ1) is 46.6. The zero-order chi connectivity index (χ0) is 46.1. The van der Waals surface area contributed by atoms with Crippen LogP contribution in [0.15, 0.2) is 42.0 Å². The van der Waals surface area contributed by atoms with Crippen molar-refractivity contribution in [3.8, 4) is 5.75 Å².